The van der Waals surface area contributed by atoms with Crippen molar-refractivity contribution in [3.63, 3.8) is 0 Å². The van der Waals surface area contributed by atoms with E-state index in [2.05, 4.69) is 9.97 Å². The van der Waals surface area contributed by atoms with Crippen LogP contribution in [0.25, 0.3) is 22.3 Å². The number of methoxy groups -OCH3 is 2. The topological polar surface area (TPSA) is 73.4 Å². The Morgan fingerprint density at radius 3 is 2.50 bits per heavy atom. The molecule has 6 nitrogen and oxygen atoms in total. The Bertz CT molecular complexity index is 987. The largest absolute Gasteiger partial charge is 0.488 e. The van der Waals surface area contributed by atoms with Crippen molar-refractivity contribution < 1.29 is 14.2 Å². The number of aromatic amines is 1. The number of benzene rings is 2. The average molecular weight is 395 g/mol. The fraction of sp³-hybridized carbons (Fsp3) is 0.222. The van der Waals surface area contributed by atoms with Crippen molar-refractivity contribution in [1.29, 1.82) is 0 Å². The Morgan fingerprint density at radius 1 is 1.08 bits per heavy atom. The minimum atomic E-state index is -0.524. The average Bonchev–Trinajstić information content (AvgIpc) is 2.64. The summed E-state index contributed by atoms with van der Waals surface area (Å²) in [6, 6.07) is 10.00. The first kappa shape index (κ1) is 18.7. The van der Waals surface area contributed by atoms with Crippen LogP contribution in [-0.4, -0.2) is 37.1 Å². The number of hydrogen-bond acceptors (Lipinski definition) is 5. The van der Waals surface area contributed by atoms with Gasteiger partial charge in [0.1, 0.15) is 18.2 Å². The molecule has 26 heavy (non-hydrogen) atoms. The summed E-state index contributed by atoms with van der Waals surface area (Å²) in [4.78, 5) is 19.7. The van der Waals surface area contributed by atoms with E-state index in [-0.39, 0.29) is 12.2 Å². The van der Waals surface area contributed by atoms with Crippen molar-refractivity contribution in [3.8, 4) is 17.1 Å². The van der Waals surface area contributed by atoms with Gasteiger partial charge < -0.3 is 19.2 Å². The lowest BCUT2D eigenvalue weighted by Crippen LogP contribution is -2.22. The molecule has 0 aliphatic carbocycles. The molecule has 3 rings (SSSR count). The Kier molecular flexibility index (Phi) is 5.78. The summed E-state index contributed by atoms with van der Waals surface area (Å²) in [5.74, 6) is 0.832. The van der Waals surface area contributed by atoms with E-state index in [9.17, 15) is 4.79 Å². The van der Waals surface area contributed by atoms with E-state index < -0.39 is 6.29 Å². The third-order valence-corrected chi connectivity index (χ3v) is 4.24. The molecule has 0 amide bonds. The number of hydrogen-bond donors (Lipinski definition) is 1. The van der Waals surface area contributed by atoms with Crippen LogP contribution in [0.4, 0.5) is 0 Å². The zero-order valence-electron chi connectivity index (χ0n) is 14.1. The molecule has 0 radical (unpaired) electrons. The quantitative estimate of drug-likeness (QED) is 0.641. The maximum absolute atomic E-state index is 12.4. The van der Waals surface area contributed by atoms with Gasteiger partial charge in [0.2, 0.25) is 0 Å². The van der Waals surface area contributed by atoms with E-state index in [0.29, 0.717) is 38.1 Å². The first-order valence-electron chi connectivity index (χ1n) is 7.69. The summed E-state index contributed by atoms with van der Waals surface area (Å²) in [5, 5.41) is 1.36. The van der Waals surface area contributed by atoms with Gasteiger partial charge in [0, 0.05) is 24.3 Å². The van der Waals surface area contributed by atoms with Crippen molar-refractivity contribution in [2.75, 3.05) is 20.8 Å². The molecule has 0 atom stereocenters. The van der Waals surface area contributed by atoms with Crippen LogP contribution in [0.1, 0.15) is 0 Å². The summed E-state index contributed by atoms with van der Waals surface area (Å²) in [6.45, 7) is 0.162. The molecule has 1 aromatic heterocycles. The minimum absolute atomic E-state index is 0.162. The highest BCUT2D eigenvalue weighted by Crippen LogP contribution is 2.31. The molecule has 8 heteroatoms. The molecule has 0 aliphatic rings. The maximum Gasteiger partial charge on any atom is 0.259 e. The second kappa shape index (κ2) is 8.05. The van der Waals surface area contributed by atoms with Gasteiger partial charge in [0.25, 0.3) is 5.56 Å². The monoisotopic (exact) mass is 394 g/mol. The standard InChI is InChI=1S/C18H16Cl2N2O4/c1-24-16(25-2)9-26-15-6-4-11(20)8-13(15)17-21-14-5-3-10(19)7-12(14)18(23)22-17/h3-8,16H,9H2,1-2H3,(H,21,22,23). The molecule has 0 fully saturated rings. The van der Waals surface area contributed by atoms with Crippen molar-refractivity contribution in [2.45, 2.75) is 6.29 Å². The summed E-state index contributed by atoms with van der Waals surface area (Å²) >= 11 is 12.1. The number of nitrogens with zero attached hydrogens (tertiary/aromatic N) is 1. The lowest BCUT2D eigenvalue weighted by Gasteiger charge is -2.16. The summed E-state index contributed by atoms with van der Waals surface area (Å²) in [5.41, 5.74) is 0.772. The van der Waals surface area contributed by atoms with Gasteiger partial charge in [-0.2, -0.15) is 0 Å². The minimum Gasteiger partial charge on any atom is -0.488 e. The first-order chi connectivity index (χ1) is 12.5. The molecule has 0 bridgehead atoms. The Balaban J connectivity index is 2.05. The second-order valence-corrected chi connectivity index (χ2v) is 6.30. The zero-order chi connectivity index (χ0) is 18.7. The van der Waals surface area contributed by atoms with Crippen LogP contribution in [-0.2, 0) is 9.47 Å². The normalized spacial score (nSPS) is 11.3. The molecule has 136 valence electrons. The van der Waals surface area contributed by atoms with Gasteiger partial charge in [0.15, 0.2) is 6.29 Å². The van der Waals surface area contributed by atoms with E-state index >= 15 is 0 Å². The molecular formula is C18H16Cl2N2O4. The van der Waals surface area contributed by atoms with Crippen LogP contribution in [0.3, 0.4) is 0 Å². The van der Waals surface area contributed by atoms with E-state index in [1.165, 1.54) is 14.2 Å². The highest BCUT2D eigenvalue weighted by atomic mass is 35.5. The van der Waals surface area contributed by atoms with E-state index in [1.807, 2.05) is 0 Å². The maximum atomic E-state index is 12.4. The van der Waals surface area contributed by atoms with E-state index in [4.69, 9.17) is 37.4 Å². The molecule has 0 saturated carbocycles. The van der Waals surface area contributed by atoms with E-state index in [0.717, 1.165) is 0 Å². The zero-order valence-corrected chi connectivity index (χ0v) is 15.6. The molecule has 0 saturated heterocycles. The van der Waals surface area contributed by atoms with Crippen molar-refractivity contribution in [2.24, 2.45) is 0 Å². The van der Waals surface area contributed by atoms with Gasteiger partial charge in [-0.15, -0.1) is 0 Å². The number of aromatic nitrogens is 2. The molecule has 1 N–H and O–H groups in total. The van der Waals surface area contributed by atoms with Crippen LogP contribution in [0.5, 0.6) is 5.75 Å². The Labute approximate surface area is 159 Å². The molecular weight excluding hydrogens is 379 g/mol. The second-order valence-electron chi connectivity index (χ2n) is 5.43. The fourth-order valence-corrected chi connectivity index (χ4v) is 2.79. The van der Waals surface area contributed by atoms with Gasteiger partial charge >= 0.3 is 0 Å². The van der Waals surface area contributed by atoms with Gasteiger partial charge in [-0.25, -0.2) is 4.98 Å². The fourth-order valence-electron chi connectivity index (χ4n) is 2.44. The number of rotatable bonds is 6. The molecule has 1 heterocycles. The molecule has 0 aliphatic heterocycles. The molecule has 2 aromatic carbocycles. The highest BCUT2D eigenvalue weighted by molar-refractivity contribution is 6.31. The van der Waals surface area contributed by atoms with Crippen LogP contribution in [0.15, 0.2) is 41.2 Å². The van der Waals surface area contributed by atoms with Crippen LogP contribution in [0.2, 0.25) is 10.0 Å². The predicted molar refractivity (Wildman–Crippen MR) is 101 cm³/mol. The Morgan fingerprint density at radius 2 is 1.77 bits per heavy atom. The number of nitrogens with one attached hydrogen (secondary N) is 1. The Hall–Kier alpha value is -2.12. The van der Waals surface area contributed by atoms with Gasteiger partial charge in [0.05, 0.1) is 16.5 Å². The number of fused-ring (bicyclic) bond motifs is 1. The lowest BCUT2D eigenvalue weighted by atomic mass is 10.1. The SMILES string of the molecule is COC(COc1ccc(Cl)cc1-c1nc2ccc(Cl)cc2c(=O)[nH]1)OC. The van der Waals surface area contributed by atoms with Crippen molar-refractivity contribution in [1.82, 2.24) is 9.97 Å². The van der Waals surface area contributed by atoms with E-state index in [1.54, 1.807) is 36.4 Å². The summed E-state index contributed by atoms with van der Waals surface area (Å²) in [6.07, 6.45) is -0.524. The van der Waals surface area contributed by atoms with Crippen LogP contribution >= 0.6 is 23.2 Å². The number of ether oxygens (including phenoxy) is 3. The summed E-state index contributed by atoms with van der Waals surface area (Å²) in [7, 11) is 3.04. The number of halogens is 2. The summed E-state index contributed by atoms with van der Waals surface area (Å²) < 4.78 is 16.0. The molecule has 3 aromatic rings. The third-order valence-electron chi connectivity index (χ3n) is 3.76. The van der Waals surface area contributed by atoms with Crippen LogP contribution < -0.4 is 10.3 Å². The highest BCUT2D eigenvalue weighted by Gasteiger charge is 2.14. The van der Waals surface area contributed by atoms with Gasteiger partial charge in [-0.1, -0.05) is 23.2 Å². The third kappa shape index (κ3) is 3.99. The first-order valence-corrected chi connectivity index (χ1v) is 8.45. The molecule has 0 spiro atoms. The van der Waals surface area contributed by atoms with Gasteiger partial charge in [-0.3, -0.25) is 4.79 Å². The van der Waals surface area contributed by atoms with Crippen molar-refractivity contribution >= 4 is 34.1 Å². The van der Waals surface area contributed by atoms with Crippen LogP contribution in [0, 0.1) is 0 Å². The van der Waals surface area contributed by atoms with Crippen molar-refractivity contribution in [3.05, 3.63) is 56.8 Å². The lowest BCUT2D eigenvalue weighted by molar-refractivity contribution is -0.121. The van der Waals surface area contributed by atoms with Gasteiger partial charge in [-0.05, 0) is 36.4 Å². The predicted octanol–water partition coefficient (Wildman–Crippen LogP) is 3.89. The smallest absolute Gasteiger partial charge is 0.259 e. The molecule has 0 unspecified atom stereocenters. The number of H-pyrrole nitrogens is 1.